The maximum atomic E-state index is 5.71. The van der Waals surface area contributed by atoms with Gasteiger partial charge in [-0.2, -0.15) is 0 Å². The number of hydrogen-bond acceptors (Lipinski definition) is 3. The highest BCUT2D eigenvalue weighted by Crippen LogP contribution is 2.14. The van der Waals surface area contributed by atoms with E-state index in [2.05, 4.69) is 4.98 Å². The molecule has 0 bridgehead atoms. The molecule has 0 aliphatic rings. The quantitative estimate of drug-likeness (QED) is 0.742. The highest BCUT2D eigenvalue weighted by atomic mass is 16.7. The Morgan fingerprint density at radius 3 is 2.93 bits per heavy atom. The lowest BCUT2D eigenvalue weighted by Gasteiger charge is -1.99. The Morgan fingerprint density at radius 1 is 1.33 bits per heavy atom. The van der Waals surface area contributed by atoms with Gasteiger partial charge in [-0.1, -0.05) is 0 Å². The first-order valence-electron chi connectivity index (χ1n) is 4.62. The minimum atomic E-state index is 0.410. The maximum absolute atomic E-state index is 5.71. The summed E-state index contributed by atoms with van der Waals surface area (Å²) in [6.45, 7) is 1.99. The van der Waals surface area contributed by atoms with Crippen molar-refractivity contribution in [1.29, 1.82) is 0 Å². The van der Waals surface area contributed by atoms with Crippen molar-refractivity contribution in [2.45, 2.75) is 6.92 Å². The lowest BCUT2D eigenvalue weighted by molar-refractivity contribution is -0.875. The van der Waals surface area contributed by atoms with Gasteiger partial charge in [-0.05, 0) is 25.1 Å². The summed E-state index contributed by atoms with van der Waals surface area (Å²) in [6.07, 6.45) is 5.29. The van der Waals surface area contributed by atoms with Crippen molar-refractivity contribution in [2.75, 3.05) is 5.73 Å². The van der Waals surface area contributed by atoms with Crippen LogP contribution in [0.25, 0.3) is 0 Å². The van der Waals surface area contributed by atoms with E-state index in [0.717, 1.165) is 5.56 Å². The van der Waals surface area contributed by atoms with Crippen LogP contribution in [0.1, 0.15) is 5.56 Å². The average Bonchev–Trinajstić information content (AvgIpc) is 2.22. The standard InChI is InChI=1S/C11H12N3O/c1-9-4-3-7-14(8-9)15-11-10(12)5-2-6-13-11/h2-8H,12H2,1H3/q+1. The molecule has 2 rings (SSSR count). The van der Waals surface area contributed by atoms with Crippen LogP contribution >= 0.6 is 0 Å². The van der Waals surface area contributed by atoms with Gasteiger partial charge in [0.1, 0.15) is 5.69 Å². The van der Waals surface area contributed by atoms with Crippen LogP contribution in [0.5, 0.6) is 5.88 Å². The molecule has 0 radical (unpaired) electrons. The van der Waals surface area contributed by atoms with E-state index in [1.165, 1.54) is 0 Å². The number of pyridine rings is 2. The Hall–Kier alpha value is -2.10. The van der Waals surface area contributed by atoms with Crippen molar-refractivity contribution in [3.05, 3.63) is 48.4 Å². The van der Waals surface area contributed by atoms with Crippen molar-refractivity contribution >= 4 is 5.69 Å². The molecule has 15 heavy (non-hydrogen) atoms. The molecule has 4 nitrogen and oxygen atoms in total. The van der Waals surface area contributed by atoms with Crippen LogP contribution in [0.3, 0.4) is 0 Å². The Kier molecular flexibility index (Phi) is 2.49. The number of aryl methyl sites for hydroxylation is 1. The molecule has 2 aromatic heterocycles. The SMILES string of the molecule is Cc1ccc[n+](Oc2ncccc2N)c1. The average molecular weight is 202 g/mol. The van der Waals surface area contributed by atoms with Crippen molar-refractivity contribution in [3.63, 3.8) is 0 Å². The summed E-state index contributed by atoms with van der Waals surface area (Å²) < 4.78 is 1.58. The number of anilines is 1. The van der Waals surface area contributed by atoms with Crippen LogP contribution in [0.2, 0.25) is 0 Å². The van der Waals surface area contributed by atoms with Crippen LogP contribution in [0, 0.1) is 6.92 Å². The van der Waals surface area contributed by atoms with Gasteiger partial charge in [0, 0.05) is 22.6 Å². The predicted molar refractivity (Wildman–Crippen MR) is 56.0 cm³/mol. The molecule has 0 aliphatic heterocycles. The van der Waals surface area contributed by atoms with E-state index in [0.29, 0.717) is 11.6 Å². The molecule has 0 amide bonds. The molecule has 4 heteroatoms. The third-order valence-corrected chi connectivity index (χ3v) is 1.92. The van der Waals surface area contributed by atoms with Gasteiger partial charge in [-0.15, -0.1) is 0 Å². The topological polar surface area (TPSA) is 52.0 Å². The second-order valence-electron chi connectivity index (χ2n) is 3.23. The zero-order valence-corrected chi connectivity index (χ0v) is 8.42. The number of hydrogen-bond donors (Lipinski definition) is 1. The number of rotatable bonds is 2. The second kappa shape index (κ2) is 3.96. The van der Waals surface area contributed by atoms with E-state index in [1.54, 1.807) is 29.3 Å². The monoisotopic (exact) mass is 202 g/mol. The largest absolute Gasteiger partial charge is 0.394 e. The Labute approximate surface area is 87.9 Å². The molecule has 0 aliphatic carbocycles. The Morgan fingerprint density at radius 2 is 2.20 bits per heavy atom. The number of nitrogen functional groups attached to an aromatic ring is 1. The van der Waals surface area contributed by atoms with Crippen molar-refractivity contribution in [2.24, 2.45) is 0 Å². The summed E-state index contributed by atoms with van der Waals surface area (Å²) >= 11 is 0. The molecule has 0 saturated carbocycles. The van der Waals surface area contributed by atoms with Crippen molar-refractivity contribution in [1.82, 2.24) is 4.98 Å². The molecular formula is C11H12N3O+. The fourth-order valence-electron chi connectivity index (χ4n) is 1.20. The zero-order chi connectivity index (χ0) is 10.7. The minimum absolute atomic E-state index is 0.410. The molecule has 0 saturated heterocycles. The molecule has 2 N–H and O–H groups in total. The molecule has 2 heterocycles. The second-order valence-corrected chi connectivity index (χ2v) is 3.23. The van der Waals surface area contributed by atoms with Gasteiger partial charge in [0.05, 0.1) is 0 Å². The van der Waals surface area contributed by atoms with Crippen LogP contribution < -0.4 is 15.3 Å². The number of aromatic nitrogens is 2. The summed E-state index contributed by atoms with van der Waals surface area (Å²) in [5.41, 5.74) is 7.33. The molecule has 0 atom stereocenters. The van der Waals surface area contributed by atoms with E-state index in [9.17, 15) is 0 Å². The summed E-state index contributed by atoms with van der Waals surface area (Å²) in [7, 11) is 0. The molecular weight excluding hydrogens is 190 g/mol. The van der Waals surface area contributed by atoms with Gasteiger partial charge in [-0.25, -0.2) is 9.82 Å². The van der Waals surface area contributed by atoms with Gasteiger partial charge < -0.3 is 5.73 Å². The minimum Gasteiger partial charge on any atom is -0.394 e. The van der Waals surface area contributed by atoms with Gasteiger partial charge in [0.25, 0.3) is 0 Å². The highest BCUT2D eigenvalue weighted by molar-refractivity contribution is 5.46. The van der Waals surface area contributed by atoms with E-state index in [-0.39, 0.29) is 0 Å². The van der Waals surface area contributed by atoms with E-state index in [4.69, 9.17) is 10.6 Å². The Balaban J connectivity index is 2.26. The van der Waals surface area contributed by atoms with Gasteiger partial charge in [0.2, 0.25) is 12.4 Å². The first-order chi connectivity index (χ1) is 7.25. The first-order valence-corrected chi connectivity index (χ1v) is 4.62. The molecule has 2 aromatic rings. The van der Waals surface area contributed by atoms with Crippen LogP contribution in [0.4, 0.5) is 5.69 Å². The van der Waals surface area contributed by atoms with Gasteiger partial charge in [0.15, 0.2) is 0 Å². The van der Waals surface area contributed by atoms with Crippen molar-refractivity contribution in [3.8, 4) is 5.88 Å². The Bertz CT molecular complexity index is 471. The van der Waals surface area contributed by atoms with Crippen LogP contribution in [-0.4, -0.2) is 4.98 Å². The summed E-state index contributed by atoms with van der Waals surface area (Å²) in [5, 5.41) is 0. The lowest BCUT2D eigenvalue weighted by atomic mass is 10.3. The highest BCUT2D eigenvalue weighted by Gasteiger charge is 2.08. The van der Waals surface area contributed by atoms with Crippen LogP contribution in [0.15, 0.2) is 42.9 Å². The third kappa shape index (κ3) is 2.22. The zero-order valence-electron chi connectivity index (χ0n) is 8.42. The van der Waals surface area contributed by atoms with Crippen molar-refractivity contribution < 1.29 is 9.57 Å². The summed E-state index contributed by atoms with van der Waals surface area (Å²) in [5.74, 6) is 0.410. The molecule has 0 unspecified atom stereocenters. The fourth-order valence-corrected chi connectivity index (χ4v) is 1.20. The lowest BCUT2D eigenvalue weighted by Crippen LogP contribution is -2.39. The molecule has 76 valence electrons. The smallest absolute Gasteiger partial charge is 0.318 e. The fraction of sp³-hybridized carbons (Fsp3) is 0.0909. The molecule has 0 aromatic carbocycles. The predicted octanol–water partition coefficient (Wildman–Crippen LogP) is 1.10. The first kappa shape index (κ1) is 9.45. The number of nitrogens with zero attached hydrogens (tertiary/aromatic N) is 2. The summed E-state index contributed by atoms with van der Waals surface area (Å²) in [4.78, 5) is 9.51. The number of nitrogens with two attached hydrogens (primary N) is 1. The molecule has 0 fully saturated rings. The van der Waals surface area contributed by atoms with Crippen LogP contribution in [-0.2, 0) is 0 Å². The normalized spacial score (nSPS) is 9.93. The van der Waals surface area contributed by atoms with Gasteiger partial charge >= 0.3 is 5.88 Å². The third-order valence-electron chi connectivity index (χ3n) is 1.92. The maximum Gasteiger partial charge on any atom is 0.318 e. The van der Waals surface area contributed by atoms with E-state index >= 15 is 0 Å². The van der Waals surface area contributed by atoms with E-state index < -0.39 is 0 Å². The van der Waals surface area contributed by atoms with Gasteiger partial charge in [-0.3, -0.25) is 0 Å². The summed E-state index contributed by atoms with van der Waals surface area (Å²) in [6, 6.07) is 7.40. The van der Waals surface area contributed by atoms with E-state index in [1.807, 2.05) is 25.3 Å². The molecule has 0 spiro atoms.